The summed E-state index contributed by atoms with van der Waals surface area (Å²) in [5.41, 5.74) is 1.74. The number of carbonyl (C=O) groups excluding carboxylic acids is 2. The summed E-state index contributed by atoms with van der Waals surface area (Å²) in [7, 11) is 0. The molecule has 3 rings (SSSR count). The molecule has 24 heavy (non-hydrogen) atoms. The van der Waals surface area contributed by atoms with E-state index in [4.69, 9.17) is 16.3 Å². The van der Waals surface area contributed by atoms with Gasteiger partial charge < -0.3 is 4.74 Å². The van der Waals surface area contributed by atoms with E-state index >= 15 is 0 Å². The normalized spacial score (nSPS) is 17.9. The van der Waals surface area contributed by atoms with Crippen molar-refractivity contribution in [3.63, 3.8) is 0 Å². The van der Waals surface area contributed by atoms with Crippen molar-refractivity contribution < 1.29 is 14.3 Å². The SMILES string of the molecule is C[C@@H]1CCc2sc(C(=O)O[C@H](C)C(=O)c3ccc(Cl)cc3)cc2C1. The van der Waals surface area contributed by atoms with Gasteiger partial charge in [-0.15, -0.1) is 11.3 Å². The molecule has 1 aliphatic rings. The molecular weight excluding hydrogens is 344 g/mol. The lowest BCUT2D eigenvalue weighted by Gasteiger charge is -2.16. The molecule has 0 spiro atoms. The number of halogens is 1. The molecule has 0 radical (unpaired) electrons. The van der Waals surface area contributed by atoms with Crippen molar-refractivity contribution in [3.8, 4) is 0 Å². The number of thiophene rings is 1. The Morgan fingerprint density at radius 1 is 1.29 bits per heavy atom. The first kappa shape index (κ1) is 17.2. The van der Waals surface area contributed by atoms with Gasteiger partial charge in [0.05, 0.1) is 0 Å². The molecule has 0 saturated carbocycles. The summed E-state index contributed by atoms with van der Waals surface area (Å²) >= 11 is 7.32. The Morgan fingerprint density at radius 2 is 2.00 bits per heavy atom. The van der Waals surface area contributed by atoms with Crippen molar-refractivity contribution in [1.29, 1.82) is 0 Å². The molecule has 0 unspecified atom stereocenters. The maximum atomic E-state index is 12.4. The van der Waals surface area contributed by atoms with Gasteiger partial charge in [-0.25, -0.2) is 4.79 Å². The number of hydrogen-bond acceptors (Lipinski definition) is 4. The molecule has 0 bridgehead atoms. The van der Waals surface area contributed by atoms with E-state index in [-0.39, 0.29) is 5.78 Å². The van der Waals surface area contributed by atoms with E-state index in [1.807, 2.05) is 6.07 Å². The van der Waals surface area contributed by atoms with Gasteiger partial charge >= 0.3 is 5.97 Å². The van der Waals surface area contributed by atoms with Crippen molar-refractivity contribution in [1.82, 2.24) is 0 Å². The van der Waals surface area contributed by atoms with Crippen LogP contribution in [0.3, 0.4) is 0 Å². The Hall–Kier alpha value is -1.65. The van der Waals surface area contributed by atoms with Gasteiger partial charge in [-0.2, -0.15) is 0 Å². The van der Waals surface area contributed by atoms with Gasteiger partial charge in [0.2, 0.25) is 5.78 Å². The number of ketones is 1. The summed E-state index contributed by atoms with van der Waals surface area (Å²) in [6.45, 7) is 3.83. The Balaban J connectivity index is 1.68. The van der Waals surface area contributed by atoms with Crippen molar-refractivity contribution in [2.45, 2.75) is 39.2 Å². The standard InChI is InChI=1S/C19H19ClO3S/c1-11-3-8-16-14(9-11)10-17(24-16)19(22)23-12(2)18(21)13-4-6-15(20)7-5-13/h4-7,10-12H,3,8-9H2,1-2H3/t11-,12-/m1/s1. The van der Waals surface area contributed by atoms with Crippen LogP contribution in [-0.2, 0) is 17.6 Å². The van der Waals surface area contributed by atoms with Crippen LogP contribution in [0.1, 0.15) is 50.7 Å². The van der Waals surface area contributed by atoms with E-state index < -0.39 is 12.1 Å². The number of aryl methyl sites for hydroxylation is 1. The summed E-state index contributed by atoms with van der Waals surface area (Å²) < 4.78 is 5.38. The van der Waals surface area contributed by atoms with Crippen molar-refractivity contribution in [3.05, 3.63) is 56.2 Å². The Morgan fingerprint density at radius 3 is 2.71 bits per heavy atom. The number of Topliss-reactive ketones (excluding diaryl/α,β-unsaturated/α-hetero) is 1. The van der Waals surface area contributed by atoms with Gasteiger partial charge in [-0.3, -0.25) is 4.79 Å². The number of rotatable bonds is 4. The Bertz CT molecular complexity index is 763. The lowest BCUT2D eigenvalue weighted by atomic mass is 9.90. The van der Waals surface area contributed by atoms with E-state index in [0.717, 1.165) is 19.3 Å². The van der Waals surface area contributed by atoms with E-state index in [9.17, 15) is 9.59 Å². The highest BCUT2D eigenvalue weighted by atomic mass is 35.5. The zero-order chi connectivity index (χ0) is 17.3. The van der Waals surface area contributed by atoms with Crippen LogP contribution >= 0.6 is 22.9 Å². The molecule has 0 amide bonds. The molecule has 1 aromatic carbocycles. The molecule has 0 saturated heterocycles. The van der Waals surface area contributed by atoms with Crippen molar-refractivity contribution in [2.24, 2.45) is 5.92 Å². The third-order valence-corrected chi connectivity index (χ3v) is 5.78. The summed E-state index contributed by atoms with van der Waals surface area (Å²) in [4.78, 5) is 26.6. The summed E-state index contributed by atoms with van der Waals surface area (Å²) in [5.74, 6) is 0.00759. The fraction of sp³-hybridized carbons (Fsp3) is 0.368. The molecule has 0 fully saturated rings. The Labute approximate surface area is 150 Å². The molecule has 3 nitrogen and oxygen atoms in total. The van der Waals surface area contributed by atoms with E-state index in [0.29, 0.717) is 21.4 Å². The van der Waals surface area contributed by atoms with Crippen LogP contribution in [0.4, 0.5) is 0 Å². The van der Waals surface area contributed by atoms with Crippen LogP contribution in [-0.4, -0.2) is 17.9 Å². The summed E-state index contributed by atoms with van der Waals surface area (Å²) in [6, 6.07) is 8.51. The number of fused-ring (bicyclic) bond motifs is 1. The summed E-state index contributed by atoms with van der Waals surface area (Å²) in [5, 5.41) is 0.564. The second kappa shape index (κ2) is 7.08. The highest BCUT2D eigenvalue weighted by Gasteiger charge is 2.24. The monoisotopic (exact) mass is 362 g/mol. The average molecular weight is 363 g/mol. The van der Waals surface area contributed by atoms with Crippen LogP contribution < -0.4 is 0 Å². The molecular formula is C19H19ClO3S. The molecule has 126 valence electrons. The maximum Gasteiger partial charge on any atom is 0.349 e. The average Bonchev–Trinajstić information content (AvgIpc) is 2.98. The molecule has 1 aliphatic carbocycles. The smallest absolute Gasteiger partial charge is 0.349 e. The third-order valence-electron chi connectivity index (χ3n) is 4.31. The second-order valence-corrected chi connectivity index (χ2v) is 7.90. The van der Waals surface area contributed by atoms with Gasteiger partial charge in [-0.05, 0) is 68.0 Å². The lowest BCUT2D eigenvalue weighted by Crippen LogP contribution is -2.24. The van der Waals surface area contributed by atoms with Crippen LogP contribution in [0.2, 0.25) is 5.02 Å². The fourth-order valence-corrected chi connectivity index (χ4v) is 4.14. The van der Waals surface area contributed by atoms with Crippen LogP contribution in [0.5, 0.6) is 0 Å². The van der Waals surface area contributed by atoms with Gasteiger partial charge in [0, 0.05) is 15.5 Å². The fourth-order valence-electron chi connectivity index (χ4n) is 2.93. The van der Waals surface area contributed by atoms with E-state index in [1.54, 1.807) is 31.2 Å². The minimum atomic E-state index is -0.822. The highest BCUT2D eigenvalue weighted by Crippen LogP contribution is 2.32. The third kappa shape index (κ3) is 3.70. The van der Waals surface area contributed by atoms with Crippen LogP contribution in [0.25, 0.3) is 0 Å². The van der Waals surface area contributed by atoms with Gasteiger partial charge in [0.15, 0.2) is 6.10 Å². The predicted octanol–water partition coefficient (Wildman–Crippen LogP) is 4.95. The number of ether oxygens (including phenoxy) is 1. The molecule has 2 atom stereocenters. The largest absolute Gasteiger partial charge is 0.450 e. The van der Waals surface area contributed by atoms with Gasteiger partial charge in [0.25, 0.3) is 0 Å². The predicted molar refractivity (Wildman–Crippen MR) is 96.2 cm³/mol. The molecule has 0 N–H and O–H groups in total. The maximum absolute atomic E-state index is 12.4. The van der Waals surface area contributed by atoms with Crippen molar-refractivity contribution >= 4 is 34.7 Å². The molecule has 0 aliphatic heterocycles. The number of esters is 1. The van der Waals surface area contributed by atoms with Crippen LogP contribution in [0.15, 0.2) is 30.3 Å². The van der Waals surface area contributed by atoms with Gasteiger partial charge in [0.1, 0.15) is 4.88 Å². The van der Waals surface area contributed by atoms with Crippen LogP contribution in [0, 0.1) is 5.92 Å². The van der Waals surface area contributed by atoms with E-state index in [2.05, 4.69) is 6.92 Å². The van der Waals surface area contributed by atoms with Gasteiger partial charge in [-0.1, -0.05) is 18.5 Å². The topological polar surface area (TPSA) is 43.4 Å². The minimum absolute atomic E-state index is 0.227. The minimum Gasteiger partial charge on any atom is -0.450 e. The molecule has 2 aromatic rings. The zero-order valence-corrected chi connectivity index (χ0v) is 15.2. The number of benzene rings is 1. The first-order chi connectivity index (χ1) is 11.4. The second-order valence-electron chi connectivity index (χ2n) is 6.33. The number of hydrogen-bond donors (Lipinski definition) is 0. The zero-order valence-electron chi connectivity index (χ0n) is 13.7. The Kier molecular flexibility index (Phi) is 5.07. The molecule has 5 heteroatoms. The lowest BCUT2D eigenvalue weighted by molar-refractivity contribution is 0.0323. The molecule has 1 heterocycles. The first-order valence-corrected chi connectivity index (χ1v) is 9.26. The number of carbonyl (C=O) groups is 2. The highest BCUT2D eigenvalue weighted by molar-refractivity contribution is 7.14. The van der Waals surface area contributed by atoms with E-state index in [1.165, 1.54) is 21.8 Å². The quantitative estimate of drug-likeness (QED) is 0.570. The van der Waals surface area contributed by atoms with Crippen molar-refractivity contribution in [2.75, 3.05) is 0 Å². The first-order valence-electron chi connectivity index (χ1n) is 8.06. The summed E-state index contributed by atoms with van der Waals surface area (Å²) in [6.07, 6.45) is 2.37. The molecule has 1 aromatic heterocycles.